The minimum Gasteiger partial charge on any atom is -0.350 e. The number of hydrogen-bond acceptors (Lipinski definition) is 1. The zero-order chi connectivity index (χ0) is 20.4. The molecule has 5 heteroatoms. The highest BCUT2D eigenvalue weighted by atomic mass is 19.4. The van der Waals surface area contributed by atoms with E-state index in [-0.39, 0.29) is 12.6 Å². The van der Waals surface area contributed by atoms with Gasteiger partial charge in [0, 0.05) is 31.5 Å². The Hall–Kier alpha value is -2.53. The summed E-state index contributed by atoms with van der Waals surface area (Å²) < 4.78 is 42.9. The molecule has 0 fully saturated rings. The highest BCUT2D eigenvalue weighted by molar-refractivity contribution is 5.34. The molecule has 0 radical (unpaired) electrons. The molecule has 2 aromatic carbocycles. The minimum absolute atomic E-state index is 0.0697. The molecule has 1 aromatic heterocycles. The third kappa shape index (κ3) is 4.10. The smallest absolute Gasteiger partial charge is 0.350 e. The SMILES string of the molecule is CCc1ccc(C2c3cccn3CCCN2Cc2ccccc2C(F)(F)F)cc1. The molecule has 0 aliphatic carbocycles. The van der Waals surface area contributed by atoms with E-state index in [4.69, 9.17) is 0 Å². The van der Waals surface area contributed by atoms with E-state index in [2.05, 4.69) is 52.9 Å². The van der Waals surface area contributed by atoms with Crippen LogP contribution in [0.4, 0.5) is 13.2 Å². The van der Waals surface area contributed by atoms with Crippen molar-refractivity contribution in [3.05, 3.63) is 94.8 Å². The van der Waals surface area contributed by atoms with Gasteiger partial charge >= 0.3 is 6.18 Å². The van der Waals surface area contributed by atoms with Crippen molar-refractivity contribution in [3.8, 4) is 0 Å². The van der Waals surface area contributed by atoms with Crippen LogP contribution in [-0.2, 0) is 25.7 Å². The second-order valence-corrected chi connectivity index (χ2v) is 7.60. The first-order valence-corrected chi connectivity index (χ1v) is 10.1. The van der Waals surface area contributed by atoms with Crippen molar-refractivity contribution in [2.24, 2.45) is 0 Å². The highest BCUT2D eigenvalue weighted by Crippen LogP contribution is 2.36. The van der Waals surface area contributed by atoms with Gasteiger partial charge in [0.05, 0.1) is 11.6 Å². The predicted octanol–water partition coefficient (Wildman–Crippen LogP) is 6.06. The van der Waals surface area contributed by atoms with Crippen LogP contribution in [0.2, 0.25) is 0 Å². The Labute approximate surface area is 169 Å². The summed E-state index contributed by atoms with van der Waals surface area (Å²) in [6, 6.07) is 18.5. The molecule has 152 valence electrons. The predicted molar refractivity (Wildman–Crippen MR) is 109 cm³/mol. The third-order valence-electron chi connectivity index (χ3n) is 5.75. The molecule has 2 nitrogen and oxygen atoms in total. The molecular weight excluding hydrogens is 373 g/mol. The Kier molecular flexibility index (Phi) is 5.50. The fourth-order valence-corrected chi connectivity index (χ4v) is 4.28. The van der Waals surface area contributed by atoms with Crippen molar-refractivity contribution in [2.75, 3.05) is 6.54 Å². The van der Waals surface area contributed by atoms with Gasteiger partial charge in [-0.1, -0.05) is 49.4 Å². The zero-order valence-electron chi connectivity index (χ0n) is 16.5. The summed E-state index contributed by atoms with van der Waals surface area (Å²) in [5.74, 6) is 0. The summed E-state index contributed by atoms with van der Waals surface area (Å²) in [5.41, 5.74) is 3.30. The van der Waals surface area contributed by atoms with E-state index in [1.807, 2.05) is 6.07 Å². The molecule has 29 heavy (non-hydrogen) atoms. The van der Waals surface area contributed by atoms with Gasteiger partial charge in [0.2, 0.25) is 0 Å². The maximum Gasteiger partial charge on any atom is 0.416 e. The number of hydrogen-bond donors (Lipinski definition) is 0. The van der Waals surface area contributed by atoms with Crippen LogP contribution in [0.1, 0.15) is 47.3 Å². The van der Waals surface area contributed by atoms with E-state index in [0.29, 0.717) is 5.56 Å². The van der Waals surface area contributed by atoms with Crippen LogP contribution in [0.15, 0.2) is 66.9 Å². The number of halogens is 3. The van der Waals surface area contributed by atoms with Crippen molar-refractivity contribution in [2.45, 2.75) is 45.1 Å². The van der Waals surface area contributed by atoms with E-state index >= 15 is 0 Å². The number of fused-ring (bicyclic) bond motifs is 1. The number of benzene rings is 2. The van der Waals surface area contributed by atoms with Crippen LogP contribution in [0.3, 0.4) is 0 Å². The second kappa shape index (κ2) is 8.07. The summed E-state index contributed by atoms with van der Waals surface area (Å²) >= 11 is 0. The molecule has 2 heterocycles. The lowest BCUT2D eigenvalue weighted by molar-refractivity contribution is -0.138. The fraction of sp³-hybridized carbons (Fsp3) is 0.333. The molecule has 0 amide bonds. The Bertz CT molecular complexity index is 957. The minimum atomic E-state index is -4.35. The molecule has 4 rings (SSSR count). The van der Waals surface area contributed by atoms with Gasteiger partial charge in [-0.2, -0.15) is 13.2 Å². The highest BCUT2D eigenvalue weighted by Gasteiger charge is 2.35. The molecule has 1 aliphatic rings. The average Bonchev–Trinajstić information content (AvgIpc) is 3.09. The van der Waals surface area contributed by atoms with Gasteiger partial charge in [-0.25, -0.2) is 0 Å². The molecule has 1 aliphatic heterocycles. The van der Waals surface area contributed by atoms with Crippen LogP contribution >= 0.6 is 0 Å². The van der Waals surface area contributed by atoms with E-state index in [0.717, 1.165) is 37.2 Å². The van der Waals surface area contributed by atoms with Gasteiger partial charge < -0.3 is 4.57 Å². The molecular formula is C24H25F3N2. The van der Waals surface area contributed by atoms with Crippen LogP contribution in [0.25, 0.3) is 0 Å². The molecule has 1 unspecified atom stereocenters. The molecule has 0 saturated heterocycles. The number of nitrogens with zero attached hydrogens (tertiary/aromatic N) is 2. The van der Waals surface area contributed by atoms with Crippen molar-refractivity contribution < 1.29 is 13.2 Å². The normalized spacial score (nSPS) is 17.7. The van der Waals surface area contributed by atoms with Crippen LogP contribution < -0.4 is 0 Å². The third-order valence-corrected chi connectivity index (χ3v) is 5.75. The maximum atomic E-state index is 13.6. The zero-order valence-corrected chi connectivity index (χ0v) is 16.5. The van der Waals surface area contributed by atoms with Gasteiger partial charge in [-0.15, -0.1) is 0 Å². The molecule has 1 atom stereocenters. The number of rotatable bonds is 4. The molecule has 0 saturated carbocycles. The van der Waals surface area contributed by atoms with Crippen LogP contribution in [-0.4, -0.2) is 16.0 Å². The first kappa shape index (κ1) is 19.8. The second-order valence-electron chi connectivity index (χ2n) is 7.60. The fourth-order valence-electron chi connectivity index (χ4n) is 4.28. The summed E-state index contributed by atoms with van der Waals surface area (Å²) in [4.78, 5) is 2.18. The first-order chi connectivity index (χ1) is 14.0. The molecule has 3 aromatic rings. The number of aryl methyl sites for hydroxylation is 2. The lowest BCUT2D eigenvalue weighted by atomic mass is 9.98. The van der Waals surface area contributed by atoms with Gasteiger partial charge in [-0.3, -0.25) is 4.90 Å². The summed E-state index contributed by atoms with van der Waals surface area (Å²) in [6.45, 7) is 4.00. The van der Waals surface area contributed by atoms with E-state index in [1.54, 1.807) is 12.1 Å². The van der Waals surface area contributed by atoms with Crippen molar-refractivity contribution >= 4 is 0 Å². The molecule has 0 spiro atoms. The van der Waals surface area contributed by atoms with Crippen molar-refractivity contribution in [3.63, 3.8) is 0 Å². The Morgan fingerprint density at radius 3 is 2.41 bits per heavy atom. The lowest BCUT2D eigenvalue weighted by Crippen LogP contribution is -2.30. The number of aromatic nitrogens is 1. The monoisotopic (exact) mass is 398 g/mol. The van der Waals surface area contributed by atoms with Crippen molar-refractivity contribution in [1.82, 2.24) is 9.47 Å². The number of alkyl halides is 3. The van der Waals surface area contributed by atoms with Crippen LogP contribution in [0, 0.1) is 0 Å². The quantitative estimate of drug-likeness (QED) is 0.518. The summed E-state index contributed by atoms with van der Waals surface area (Å²) in [7, 11) is 0. The van der Waals surface area contributed by atoms with Crippen molar-refractivity contribution in [1.29, 1.82) is 0 Å². The van der Waals surface area contributed by atoms with Gasteiger partial charge in [0.25, 0.3) is 0 Å². The van der Waals surface area contributed by atoms with Gasteiger partial charge in [-0.05, 0) is 47.7 Å². The molecule has 0 bridgehead atoms. The Morgan fingerprint density at radius 2 is 1.69 bits per heavy atom. The Morgan fingerprint density at radius 1 is 0.931 bits per heavy atom. The van der Waals surface area contributed by atoms with E-state index < -0.39 is 11.7 Å². The summed E-state index contributed by atoms with van der Waals surface area (Å²) in [5, 5.41) is 0. The Balaban J connectivity index is 1.75. The largest absolute Gasteiger partial charge is 0.416 e. The van der Waals surface area contributed by atoms with Gasteiger partial charge in [0.15, 0.2) is 0 Å². The maximum absolute atomic E-state index is 13.6. The lowest BCUT2D eigenvalue weighted by Gasteiger charge is -2.31. The average molecular weight is 398 g/mol. The molecule has 0 N–H and O–H groups in total. The van der Waals surface area contributed by atoms with Gasteiger partial charge in [0.1, 0.15) is 0 Å². The summed E-state index contributed by atoms with van der Waals surface area (Å²) in [6.07, 6.45) is -0.416. The van der Waals surface area contributed by atoms with E-state index in [9.17, 15) is 13.2 Å². The first-order valence-electron chi connectivity index (χ1n) is 10.1. The van der Waals surface area contributed by atoms with Crippen LogP contribution in [0.5, 0.6) is 0 Å². The van der Waals surface area contributed by atoms with E-state index in [1.165, 1.54) is 17.7 Å². The topological polar surface area (TPSA) is 8.17 Å². The standard InChI is InChI=1S/C24H25F3N2/c1-2-18-10-12-19(13-11-18)23-22-9-5-14-28(22)15-6-16-29(23)17-20-7-3-4-8-21(20)24(25,26)27/h3-5,7-14,23H,2,6,15-17H2,1H3.